The molecule has 0 N–H and O–H groups in total. The number of hydrogen-bond donors (Lipinski definition) is 0. The molecule has 0 aromatic heterocycles. The van der Waals surface area contributed by atoms with E-state index < -0.39 is 11.8 Å². The lowest BCUT2D eigenvalue weighted by atomic mass is 9.99. The van der Waals surface area contributed by atoms with E-state index in [1.54, 1.807) is 36.4 Å². The maximum Gasteiger partial charge on any atom is 0.308 e. The lowest BCUT2D eigenvalue weighted by Crippen LogP contribution is -2.12. The largest absolute Gasteiger partial charge is 0.496 e. The monoisotopic (exact) mass is 400 g/mol. The van der Waals surface area contributed by atoms with Crippen LogP contribution in [0.2, 0.25) is 5.02 Å². The zero-order chi connectivity index (χ0) is 20.7. The maximum absolute atomic E-state index is 13.0. The Bertz CT molecular complexity index is 931. The lowest BCUT2D eigenvalue weighted by molar-refractivity contribution is -0.131. The minimum Gasteiger partial charge on any atom is -0.496 e. The van der Waals surface area contributed by atoms with Crippen LogP contribution in [0, 0.1) is 0 Å². The topological polar surface area (TPSA) is 61.8 Å². The number of rotatable bonds is 8. The number of methoxy groups -OCH3 is 2. The average Bonchev–Trinajstić information content (AvgIpc) is 2.67. The first-order chi connectivity index (χ1) is 13.4. The molecule has 5 nitrogen and oxygen atoms in total. The molecule has 0 aliphatic rings. The first kappa shape index (κ1) is 21.3. The molecule has 0 heterocycles. The fraction of sp³-hybridized carbons (Fsp3) is 0.182. The Morgan fingerprint density at radius 2 is 1.82 bits per heavy atom. The van der Waals surface area contributed by atoms with Crippen molar-refractivity contribution in [2.45, 2.75) is 13.3 Å². The van der Waals surface area contributed by atoms with E-state index in [2.05, 4.69) is 6.58 Å². The summed E-state index contributed by atoms with van der Waals surface area (Å²) in [5, 5.41) is 0.515. The van der Waals surface area contributed by atoms with Gasteiger partial charge in [0.25, 0.3) is 0 Å². The van der Waals surface area contributed by atoms with Crippen molar-refractivity contribution in [1.29, 1.82) is 0 Å². The van der Waals surface area contributed by atoms with Crippen LogP contribution in [0.25, 0.3) is 6.08 Å². The fourth-order valence-electron chi connectivity index (χ4n) is 2.68. The molecule has 0 unspecified atom stereocenters. The molecule has 2 rings (SSSR count). The van der Waals surface area contributed by atoms with Gasteiger partial charge in [0, 0.05) is 23.6 Å². The van der Waals surface area contributed by atoms with Gasteiger partial charge >= 0.3 is 5.97 Å². The van der Waals surface area contributed by atoms with E-state index in [0.29, 0.717) is 28.3 Å². The number of carbonyl (C=O) groups excluding carboxylic acids is 2. The molecule has 0 radical (unpaired) electrons. The molecule has 146 valence electrons. The van der Waals surface area contributed by atoms with E-state index in [9.17, 15) is 9.59 Å². The summed E-state index contributed by atoms with van der Waals surface area (Å²) in [5.41, 5.74) is 1.34. The summed E-state index contributed by atoms with van der Waals surface area (Å²) < 4.78 is 16.1. The SMILES string of the molecule is C=CCc1c(OC)cc(OC)c(C(=O)C=Cc2ccccc2Cl)c1OC(C)=O. The summed E-state index contributed by atoms with van der Waals surface area (Å²) in [5.74, 6) is -0.211. The number of hydrogen-bond acceptors (Lipinski definition) is 5. The maximum atomic E-state index is 13.0. The molecule has 6 heteroatoms. The quantitative estimate of drug-likeness (QED) is 0.207. The third-order valence-corrected chi connectivity index (χ3v) is 4.25. The molecule has 0 aliphatic heterocycles. The second kappa shape index (κ2) is 9.76. The van der Waals surface area contributed by atoms with Crippen molar-refractivity contribution in [3.05, 3.63) is 70.8 Å². The first-order valence-corrected chi connectivity index (χ1v) is 8.84. The van der Waals surface area contributed by atoms with Crippen molar-refractivity contribution in [3.8, 4) is 17.2 Å². The highest BCUT2D eigenvalue weighted by atomic mass is 35.5. The van der Waals surface area contributed by atoms with Crippen LogP contribution in [0.5, 0.6) is 17.2 Å². The standard InChI is InChI=1S/C22H21ClO5/c1-5-8-16-19(26-3)13-20(27-4)21(22(16)28-14(2)24)18(25)12-11-15-9-6-7-10-17(15)23/h5-7,9-13H,1,8H2,2-4H3. The van der Waals surface area contributed by atoms with Gasteiger partial charge in [0.1, 0.15) is 17.1 Å². The molecule has 0 saturated carbocycles. The van der Waals surface area contributed by atoms with Crippen molar-refractivity contribution in [2.24, 2.45) is 0 Å². The Hall–Kier alpha value is -3.05. The van der Waals surface area contributed by atoms with Gasteiger partial charge in [0.2, 0.25) is 0 Å². The second-order valence-electron chi connectivity index (χ2n) is 5.77. The molecule has 28 heavy (non-hydrogen) atoms. The number of carbonyl (C=O) groups is 2. The van der Waals surface area contributed by atoms with E-state index >= 15 is 0 Å². The molecule has 0 amide bonds. The lowest BCUT2D eigenvalue weighted by Gasteiger charge is -2.18. The summed E-state index contributed by atoms with van der Waals surface area (Å²) >= 11 is 6.13. The van der Waals surface area contributed by atoms with Gasteiger partial charge in [0.05, 0.1) is 14.2 Å². The Morgan fingerprint density at radius 1 is 1.14 bits per heavy atom. The van der Waals surface area contributed by atoms with E-state index in [4.69, 9.17) is 25.8 Å². The van der Waals surface area contributed by atoms with Crippen LogP contribution in [-0.2, 0) is 11.2 Å². The Kier molecular flexibility index (Phi) is 7.41. The van der Waals surface area contributed by atoms with Crippen molar-refractivity contribution in [3.63, 3.8) is 0 Å². The van der Waals surface area contributed by atoms with E-state index in [0.717, 1.165) is 0 Å². The predicted molar refractivity (Wildman–Crippen MR) is 110 cm³/mol. The molecular weight excluding hydrogens is 380 g/mol. The summed E-state index contributed by atoms with van der Waals surface area (Å²) in [6, 6.07) is 8.72. The smallest absolute Gasteiger partial charge is 0.308 e. The summed E-state index contributed by atoms with van der Waals surface area (Å²) in [4.78, 5) is 24.7. The van der Waals surface area contributed by atoms with Crippen molar-refractivity contribution < 1.29 is 23.8 Å². The van der Waals surface area contributed by atoms with Crippen LogP contribution >= 0.6 is 11.6 Å². The first-order valence-electron chi connectivity index (χ1n) is 8.47. The van der Waals surface area contributed by atoms with E-state index in [1.807, 2.05) is 6.07 Å². The number of allylic oxidation sites excluding steroid dienone is 2. The molecule has 0 spiro atoms. The number of halogens is 1. The summed E-state index contributed by atoms with van der Waals surface area (Å²) in [7, 11) is 2.91. The predicted octanol–water partition coefficient (Wildman–Crippen LogP) is 4.91. The molecule has 0 fully saturated rings. The van der Waals surface area contributed by atoms with Gasteiger partial charge in [-0.2, -0.15) is 0 Å². The number of ketones is 1. The zero-order valence-electron chi connectivity index (χ0n) is 16.0. The number of esters is 1. The van der Waals surface area contributed by atoms with Gasteiger partial charge in [-0.1, -0.05) is 35.9 Å². The molecule has 0 saturated heterocycles. The van der Waals surface area contributed by atoms with Crippen LogP contribution in [0.15, 0.2) is 49.1 Å². The van der Waals surface area contributed by atoms with E-state index in [-0.39, 0.29) is 17.1 Å². The normalized spacial score (nSPS) is 10.6. The number of ether oxygens (including phenoxy) is 3. The molecule has 0 bridgehead atoms. The van der Waals surface area contributed by atoms with Crippen molar-refractivity contribution >= 4 is 29.4 Å². The zero-order valence-corrected chi connectivity index (χ0v) is 16.7. The van der Waals surface area contributed by atoms with Crippen LogP contribution in [0.4, 0.5) is 0 Å². The molecule has 0 aliphatic carbocycles. The van der Waals surface area contributed by atoms with Gasteiger partial charge in [-0.15, -0.1) is 6.58 Å². The van der Waals surface area contributed by atoms with Crippen LogP contribution in [0.3, 0.4) is 0 Å². The third-order valence-electron chi connectivity index (χ3n) is 3.91. The highest BCUT2D eigenvalue weighted by molar-refractivity contribution is 6.32. The van der Waals surface area contributed by atoms with Gasteiger partial charge in [-0.05, 0) is 30.2 Å². The molecule has 2 aromatic rings. The van der Waals surface area contributed by atoms with Gasteiger partial charge < -0.3 is 14.2 Å². The minimum absolute atomic E-state index is 0.0948. The van der Waals surface area contributed by atoms with Gasteiger partial charge in [0.15, 0.2) is 11.5 Å². The third kappa shape index (κ3) is 4.81. The van der Waals surface area contributed by atoms with Crippen LogP contribution < -0.4 is 14.2 Å². The van der Waals surface area contributed by atoms with Crippen molar-refractivity contribution in [1.82, 2.24) is 0 Å². The van der Waals surface area contributed by atoms with Crippen molar-refractivity contribution in [2.75, 3.05) is 14.2 Å². The minimum atomic E-state index is -0.565. The summed E-state index contributed by atoms with van der Waals surface area (Å²) in [6.45, 7) is 4.97. The second-order valence-corrected chi connectivity index (χ2v) is 6.18. The van der Waals surface area contributed by atoms with Gasteiger partial charge in [-0.3, -0.25) is 9.59 Å². The van der Waals surface area contributed by atoms with E-state index in [1.165, 1.54) is 27.2 Å². The molecule has 2 aromatic carbocycles. The number of benzene rings is 2. The highest BCUT2D eigenvalue weighted by Crippen LogP contribution is 2.40. The van der Waals surface area contributed by atoms with Gasteiger partial charge in [-0.25, -0.2) is 0 Å². The Morgan fingerprint density at radius 3 is 2.39 bits per heavy atom. The Labute approximate surface area is 169 Å². The molecular formula is C22H21ClO5. The average molecular weight is 401 g/mol. The molecule has 0 atom stereocenters. The highest BCUT2D eigenvalue weighted by Gasteiger charge is 2.25. The van der Waals surface area contributed by atoms with Crippen LogP contribution in [0.1, 0.15) is 28.4 Å². The Balaban J connectivity index is 2.63. The summed E-state index contributed by atoms with van der Waals surface area (Å²) in [6.07, 6.45) is 4.92. The fourth-order valence-corrected chi connectivity index (χ4v) is 2.88. The van der Waals surface area contributed by atoms with Crippen LogP contribution in [-0.4, -0.2) is 26.0 Å².